The molecule has 1 aromatic heterocycles. The van der Waals surface area contributed by atoms with Crippen LogP contribution < -0.4 is 4.74 Å². The van der Waals surface area contributed by atoms with E-state index in [4.69, 9.17) is 4.74 Å². The molecule has 1 amide bonds. The van der Waals surface area contributed by atoms with Gasteiger partial charge in [0.1, 0.15) is 17.4 Å². The van der Waals surface area contributed by atoms with Crippen LogP contribution in [0, 0.1) is 0 Å². The zero-order valence-electron chi connectivity index (χ0n) is 18.2. The molecule has 0 bridgehead atoms. The Morgan fingerprint density at radius 1 is 1.13 bits per heavy atom. The molecule has 30 heavy (non-hydrogen) atoms. The topological polar surface area (TPSA) is 63.5 Å². The smallest absolute Gasteiger partial charge is 0.236 e. The van der Waals surface area contributed by atoms with E-state index < -0.39 is 0 Å². The van der Waals surface area contributed by atoms with Crippen molar-refractivity contribution in [1.29, 1.82) is 0 Å². The number of piperidine rings is 1. The molecule has 2 aliphatic heterocycles. The second kappa shape index (κ2) is 9.60. The van der Waals surface area contributed by atoms with Crippen LogP contribution in [-0.2, 0) is 24.3 Å². The molecule has 2 aliphatic rings. The van der Waals surface area contributed by atoms with Crippen molar-refractivity contribution in [3.8, 4) is 5.75 Å². The molecule has 162 valence electrons. The number of aromatic nitrogens is 3. The Labute approximate surface area is 179 Å². The summed E-state index contributed by atoms with van der Waals surface area (Å²) < 4.78 is 7.57. The van der Waals surface area contributed by atoms with Crippen molar-refractivity contribution in [3.05, 3.63) is 41.5 Å². The van der Waals surface area contributed by atoms with Crippen molar-refractivity contribution in [3.63, 3.8) is 0 Å². The Bertz CT molecular complexity index is 848. The Balaban J connectivity index is 1.34. The molecule has 2 aromatic rings. The van der Waals surface area contributed by atoms with Gasteiger partial charge in [-0.05, 0) is 49.9 Å². The van der Waals surface area contributed by atoms with Crippen LogP contribution in [0.1, 0.15) is 55.2 Å². The van der Waals surface area contributed by atoms with Gasteiger partial charge in [-0.1, -0.05) is 18.6 Å². The lowest BCUT2D eigenvalue weighted by Crippen LogP contribution is -2.42. The molecule has 3 heterocycles. The maximum atomic E-state index is 12.8. The van der Waals surface area contributed by atoms with Gasteiger partial charge < -0.3 is 14.2 Å². The first-order chi connectivity index (χ1) is 14.6. The molecule has 1 saturated heterocycles. The summed E-state index contributed by atoms with van der Waals surface area (Å²) in [5, 5.41) is 9.04. The Kier molecular flexibility index (Phi) is 6.67. The number of aryl methyl sites for hydroxylation is 1. The van der Waals surface area contributed by atoms with Crippen molar-refractivity contribution in [2.24, 2.45) is 0 Å². The highest BCUT2D eigenvalue weighted by Crippen LogP contribution is 2.28. The van der Waals surface area contributed by atoms with Crippen LogP contribution in [-0.4, -0.2) is 64.3 Å². The van der Waals surface area contributed by atoms with Crippen LogP contribution in [0.25, 0.3) is 0 Å². The van der Waals surface area contributed by atoms with E-state index in [-0.39, 0.29) is 5.91 Å². The lowest BCUT2D eigenvalue weighted by molar-refractivity contribution is -0.132. The number of hydrogen-bond acceptors (Lipinski definition) is 5. The summed E-state index contributed by atoms with van der Waals surface area (Å²) in [6.45, 7) is 3.97. The number of hydrogen-bond donors (Lipinski definition) is 0. The quantitative estimate of drug-likeness (QED) is 0.731. The second-order valence-corrected chi connectivity index (χ2v) is 8.61. The number of likely N-dealkylation sites (N-methyl/N-ethyl adjacent to an activating group) is 1. The van der Waals surface area contributed by atoms with Crippen molar-refractivity contribution in [2.45, 2.75) is 57.5 Å². The van der Waals surface area contributed by atoms with Gasteiger partial charge in [-0.25, -0.2) is 0 Å². The molecule has 0 N–H and O–H groups in total. The number of benzene rings is 1. The predicted molar refractivity (Wildman–Crippen MR) is 115 cm³/mol. The SMILES string of the molecule is COc1ccc(CN(C)C(=O)CN2CCCC(c3nnc4n3CCCCC4)C2)cc1. The number of fused-ring (bicyclic) bond motifs is 1. The number of ether oxygens (including phenoxy) is 1. The average molecular weight is 412 g/mol. The standard InChI is InChI=1S/C23H33N5O2/c1-26(15-18-9-11-20(30-2)12-10-18)22(29)17-27-13-6-7-19(16-27)23-25-24-21-8-4-3-5-14-28(21)23/h9-12,19H,3-8,13-17H2,1-2H3. The van der Waals surface area contributed by atoms with E-state index in [0.29, 0.717) is 19.0 Å². The van der Waals surface area contributed by atoms with Gasteiger partial charge >= 0.3 is 0 Å². The van der Waals surface area contributed by atoms with Crippen LogP contribution in [0.5, 0.6) is 5.75 Å². The third-order valence-corrected chi connectivity index (χ3v) is 6.37. The van der Waals surface area contributed by atoms with Gasteiger partial charge in [0.25, 0.3) is 0 Å². The number of likely N-dealkylation sites (tertiary alicyclic amines) is 1. The maximum Gasteiger partial charge on any atom is 0.236 e. The van der Waals surface area contributed by atoms with Crippen LogP contribution in [0.4, 0.5) is 0 Å². The zero-order valence-corrected chi connectivity index (χ0v) is 18.2. The summed E-state index contributed by atoms with van der Waals surface area (Å²) in [5.41, 5.74) is 1.11. The van der Waals surface area contributed by atoms with Crippen molar-refractivity contribution >= 4 is 5.91 Å². The molecule has 7 nitrogen and oxygen atoms in total. The number of carbonyl (C=O) groups is 1. The van der Waals surface area contributed by atoms with Gasteiger partial charge in [-0.3, -0.25) is 9.69 Å². The third kappa shape index (κ3) is 4.83. The van der Waals surface area contributed by atoms with Crippen molar-refractivity contribution < 1.29 is 9.53 Å². The molecule has 4 rings (SSSR count). The highest BCUT2D eigenvalue weighted by Gasteiger charge is 2.28. The minimum atomic E-state index is 0.159. The van der Waals surface area contributed by atoms with E-state index in [1.807, 2.05) is 36.2 Å². The highest BCUT2D eigenvalue weighted by atomic mass is 16.5. The number of rotatable bonds is 6. The average Bonchev–Trinajstić information content (AvgIpc) is 3.02. The zero-order chi connectivity index (χ0) is 20.9. The van der Waals surface area contributed by atoms with E-state index >= 15 is 0 Å². The fourth-order valence-electron chi connectivity index (χ4n) is 4.62. The monoisotopic (exact) mass is 411 g/mol. The van der Waals surface area contributed by atoms with Gasteiger partial charge in [0.05, 0.1) is 13.7 Å². The molecule has 1 aromatic carbocycles. The number of carbonyl (C=O) groups excluding carboxylic acids is 1. The first-order valence-electron chi connectivity index (χ1n) is 11.2. The maximum absolute atomic E-state index is 12.8. The van der Waals surface area contributed by atoms with Crippen molar-refractivity contribution in [2.75, 3.05) is 33.8 Å². The second-order valence-electron chi connectivity index (χ2n) is 8.61. The van der Waals surface area contributed by atoms with Gasteiger partial charge in [0.2, 0.25) is 5.91 Å². The lowest BCUT2D eigenvalue weighted by atomic mass is 9.97. The molecule has 0 aliphatic carbocycles. The number of nitrogens with zero attached hydrogens (tertiary/aromatic N) is 5. The molecular weight excluding hydrogens is 378 g/mol. The van der Waals surface area contributed by atoms with Crippen LogP contribution in [0.3, 0.4) is 0 Å². The summed E-state index contributed by atoms with van der Waals surface area (Å²) in [6, 6.07) is 7.89. The number of amides is 1. The van der Waals surface area contributed by atoms with E-state index in [1.165, 1.54) is 19.3 Å². The summed E-state index contributed by atoms with van der Waals surface area (Å²) >= 11 is 0. The van der Waals surface area contributed by atoms with Crippen LogP contribution in [0.15, 0.2) is 24.3 Å². The molecule has 0 saturated carbocycles. The van der Waals surface area contributed by atoms with E-state index in [9.17, 15) is 4.79 Å². The molecule has 0 radical (unpaired) electrons. The third-order valence-electron chi connectivity index (χ3n) is 6.37. The van der Waals surface area contributed by atoms with Gasteiger partial charge in [0, 0.05) is 39.0 Å². The van der Waals surface area contributed by atoms with Crippen molar-refractivity contribution in [1.82, 2.24) is 24.6 Å². The normalized spacial score (nSPS) is 19.7. The van der Waals surface area contributed by atoms with Crippen LogP contribution in [0.2, 0.25) is 0 Å². The summed E-state index contributed by atoms with van der Waals surface area (Å²) in [5.74, 6) is 3.65. The summed E-state index contributed by atoms with van der Waals surface area (Å²) in [7, 11) is 3.54. The van der Waals surface area contributed by atoms with E-state index in [2.05, 4.69) is 19.7 Å². The lowest BCUT2D eigenvalue weighted by Gasteiger charge is -2.33. The summed E-state index contributed by atoms with van der Waals surface area (Å²) in [6.07, 6.45) is 6.96. The minimum Gasteiger partial charge on any atom is -0.497 e. The fraction of sp³-hybridized carbons (Fsp3) is 0.609. The molecular formula is C23H33N5O2. The first kappa shape index (κ1) is 20.8. The first-order valence-corrected chi connectivity index (χ1v) is 11.2. The molecule has 7 heteroatoms. The molecule has 1 atom stereocenters. The van der Waals surface area contributed by atoms with E-state index in [1.54, 1.807) is 7.11 Å². The Hall–Kier alpha value is -2.41. The fourth-order valence-corrected chi connectivity index (χ4v) is 4.62. The van der Waals surface area contributed by atoms with E-state index in [0.717, 1.165) is 61.9 Å². The van der Waals surface area contributed by atoms with Crippen LogP contribution >= 0.6 is 0 Å². The molecule has 0 spiro atoms. The Morgan fingerprint density at radius 3 is 2.77 bits per heavy atom. The van der Waals surface area contributed by atoms with Gasteiger partial charge in [0.15, 0.2) is 0 Å². The largest absolute Gasteiger partial charge is 0.497 e. The van der Waals surface area contributed by atoms with Gasteiger partial charge in [-0.2, -0.15) is 0 Å². The molecule has 1 fully saturated rings. The Morgan fingerprint density at radius 2 is 1.97 bits per heavy atom. The summed E-state index contributed by atoms with van der Waals surface area (Å²) in [4.78, 5) is 16.9. The predicted octanol–water partition coefficient (Wildman–Crippen LogP) is 2.85. The molecule has 1 unspecified atom stereocenters. The number of methoxy groups -OCH3 is 1. The van der Waals surface area contributed by atoms with Gasteiger partial charge in [-0.15, -0.1) is 10.2 Å². The minimum absolute atomic E-state index is 0.159. The highest BCUT2D eigenvalue weighted by molar-refractivity contribution is 5.78.